The molecule has 0 saturated carbocycles. The van der Waals surface area contributed by atoms with Gasteiger partial charge in [-0.1, -0.05) is 18.2 Å². The van der Waals surface area contributed by atoms with Crippen molar-refractivity contribution in [3.63, 3.8) is 0 Å². The summed E-state index contributed by atoms with van der Waals surface area (Å²) >= 11 is 0. The van der Waals surface area contributed by atoms with Crippen LogP contribution in [-0.2, 0) is 6.54 Å². The Balaban J connectivity index is 2.12. The van der Waals surface area contributed by atoms with Crippen LogP contribution in [0.25, 0.3) is 0 Å². The van der Waals surface area contributed by atoms with Gasteiger partial charge in [0.25, 0.3) is 0 Å². The fourth-order valence-electron chi connectivity index (χ4n) is 1.84. The second-order valence-electron chi connectivity index (χ2n) is 5.97. The predicted octanol–water partition coefficient (Wildman–Crippen LogP) is 4.07. The molecule has 0 radical (unpaired) electrons. The molecule has 0 fully saturated rings. The molecule has 0 amide bonds. The van der Waals surface area contributed by atoms with Gasteiger partial charge in [-0.25, -0.2) is 4.98 Å². The summed E-state index contributed by atoms with van der Waals surface area (Å²) in [6.45, 7) is 9.25. The Kier molecular flexibility index (Phi) is 4.40. The van der Waals surface area contributed by atoms with Gasteiger partial charge in [0.05, 0.1) is 0 Å². The third-order valence-electron chi connectivity index (χ3n) is 2.78. The maximum Gasteiger partial charge on any atom is 0.219 e. The molecule has 2 aromatic rings. The van der Waals surface area contributed by atoms with Crippen LogP contribution in [-0.4, -0.2) is 10.5 Å². The van der Waals surface area contributed by atoms with Crippen LogP contribution in [0.2, 0.25) is 0 Å². The van der Waals surface area contributed by atoms with Gasteiger partial charge in [0.2, 0.25) is 5.88 Å². The van der Waals surface area contributed by atoms with E-state index >= 15 is 0 Å². The van der Waals surface area contributed by atoms with Gasteiger partial charge >= 0.3 is 0 Å². The molecule has 106 valence electrons. The number of rotatable bonds is 4. The molecule has 0 atom stereocenters. The topological polar surface area (TPSA) is 34.1 Å². The number of para-hydroxylation sites is 1. The lowest BCUT2D eigenvalue weighted by Crippen LogP contribution is -2.35. The van der Waals surface area contributed by atoms with E-state index in [0.29, 0.717) is 5.88 Å². The maximum absolute atomic E-state index is 5.79. The normalized spacial score (nSPS) is 11.4. The molecule has 1 N–H and O–H groups in total. The van der Waals surface area contributed by atoms with E-state index in [4.69, 9.17) is 4.74 Å². The first-order chi connectivity index (χ1) is 9.42. The van der Waals surface area contributed by atoms with E-state index in [9.17, 15) is 0 Å². The van der Waals surface area contributed by atoms with Gasteiger partial charge in [0, 0.05) is 23.8 Å². The molecule has 0 saturated heterocycles. The highest BCUT2D eigenvalue weighted by Crippen LogP contribution is 2.20. The van der Waals surface area contributed by atoms with Crippen molar-refractivity contribution in [2.24, 2.45) is 0 Å². The van der Waals surface area contributed by atoms with Crippen LogP contribution in [0.3, 0.4) is 0 Å². The Morgan fingerprint density at radius 3 is 2.45 bits per heavy atom. The standard InChI is InChI=1S/C17H22N2O/c1-13-10-14(12-18-17(2,3)4)11-16(19-13)20-15-8-6-5-7-9-15/h5-11,18H,12H2,1-4H3. The molecule has 1 aromatic carbocycles. The summed E-state index contributed by atoms with van der Waals surface area (Å²) in [7, 11) is 0. The fraction of sp³-hybridized carbons (Fsp3) is 0.353. The van der Waals surface area contributed by atoms with Crippen molar-refractivity contribution in [1.29, 1.82) is 0 Å². The minimum atomic E-state index is 0.0949. The van der Waals surface area contributed by atoms with Crippen LogP contribution in [0, 0.1) is 6.92 Å². The molecule has 0 spiro atoms. The Labute approximate surface area is 121 Å². The molecular weight excluding hydrogens is 248 g/mol. The number of nitrogens with one attached hydrogen (secondary N) is 1. The Hall–Kier alpha value is -1.87. The zero-order valence-electron chi connectivity index (χ0n) is 12.6. The summed E-state index contributed by atoms with van der Waals surface area (Å²) < 4.78 is 5.79. The molecule has 3 nitrogen and oxygen atoms in total. The van der Waals surface area contributed by atoms with Gasteiger partial charge in [0.15, 0.2) is 0 Å². The molecule has 0 unspecified atom stereocenters. The smallest absolute Gasteiger partial charge is 0.219 e. The zero-order chi connectivity index (χ0) is 14.6. The first-order valence-electron chi connectivity index (χ1n) is 6.88. The number of pyridine rings is 1. The molecule has 1 aromatic heterocycles. The predicted molar refractivity (Wildman–Crippen MR) is 82.1 cm³/mol. The molecule has 3 heteroatoms. The van der Waals surface area contributed by atoms with Crippen molar-refractivity contribution >= 4 is 0 Å². The van der Waals surface area contributed by atoms with E-state index in [1.807, 2.05) is 43.3 Å². The Morgan fingerprint density at radius 2 is 1.80 bits per heavy atom. The van der Waals surface area contributed by atoms with Crippen molar-refractivity contribution in [3.05, 3.63) is 53.7 Å². The van der Waals surface area contributed by atoms with Crippen LogP contribution in [0.5, 0.6) is 11.6 Å². The Bertz CT molecular complexity index is 559. The van der Waals surface area contributed by atoms with Crippen molar-refractivity contribution in [2.45, 2.75) is 39.8 Å². The zero-order valence-corrected chi connectivity index (χ0v) is 12.6. The van der Waals surface area contributed by atoms with Crippen LogP contribution >= 0.6 is 0 Å². The van der Waals surface area contributed by atoms with Crippen LogP contribution in [0.1, 0.15) is 32.0 Å². The van der Waals surface area contributed by atoms with Gasteiger partial charge < -0.3 is 10.1 Å². The van der Waals surface area contributed by atoms with Crippen molar-refractivity contribution in [2.75, 3.05) is 0 Å². The lowest BCUT2D eigenvalue weighted by atomic mass is 10.1. The van der Waals surface area contributed by atoms with Crippen molar-refractivity contribution < 1.29 is 4.74 Å². The number of aromatic nitrogens is 1. The third-order valence-corrected chi connectivity index (χ3v) is 2.78. The maximum atomic E-state index is 5.79. The third kappa shape index (κ3) is 4.67. The lowest BCUT2D eigenvalue weighted by Gasteiger charge is -2.20. The van der Waals surface area contributed by atoms with Crippen LogP contribution < -0.4 is 10.1 Å². The summed E-state index contributed by atoms with van der Waals surface area (Å²) in [5.41, 5.74) is 2.24. The molecule has 0 aliphatic rings. The second-order valence-corrected chi connectivity index (χ2v) is 5.97. The number of hydrogen-bond acceptors (Lipinski definition) is 3. The van der Waals surface area contributed by atoms with E-state index in [1.165, 1.54) is 5.56 Å². The van der Waals surface area contributed by atoms with E-state index in [-0.39, 0.29) is 5.54 Å². The highest BCUT2D eigenvalue weighted by atomic mass is 16.5. The first kappa shape index (κ1) is 14.5. The van der Waals surface area contributed by atoms with Gasteiger partial charge in [-0.3, -0.25) is 0 Å². The van der Waals surface area contributed by atoms with Crippen molar-refractivity contribution in [1.82, 2.24) is 10.3 Å². The van der Waals surface area contributed by atoms with E-state index in [1.54, 1.807) is 0 Å². The summed E-state index contributed by atoms with van der Waals surface area (Å²) in [6, 6.07) is 13.8. The quantitative estimate of drug-likeness (QED) is 0.909. The van der Waals surface area contributed by atoms with E-state index in [2.05, 4.69) is 37.1 Å². The van der Waals surface area contributed by atoms with E-state index < -0.39 is 0 Å². The minimum Gasteiger partial charge on any atom is -0.439 e. The summed E-state index contributed by atoms with van der Waals surface area (Å²) in [5.74, 6) is 1.45. The fourth-order valence-corrected chi connectivity index (χ4v) is 1.84. The monoisotopic (exact) mass is 270 g/mol. The molecule has 20 heavy (non-hydrogen) atoms. The number of benzene rings is 1. The van der Waals surface area contributed by atoms with Crippen LogP contribution in [0.15, 0.2) is 42.5 Å². The number of nitrogens with zero attached hydrogens (tertiary/aromatic N) is 1. The molecular formula is C17H22N2O. The van der Waals surface area contributed by atoms with Gasteiger partial charge in [-0.2, -0.15) is 0 Å². The summed E-state index contributed by atoms with van der Waals surface area (Å²) in [5, 5.41) is 3.47. The highest BCUT2D eigenvalue weighted by molar-refractivity contribution is 5.30. The van der Waals surface area contributed by atoms with Gasteiger partial charge in [0.1, 0.15) is 5.75 Å². The SMILES string of the molecule is Cc1cc(CNC(C)(C)C)cc(Oc2ccccc2)n1. The minimum absolute atomic E-state index is 0.0949. The molecule has 0 bridgehead atoms. The number of ether oxygens (including phenoxy) is 1. The van der Waals surface area contributed by atoms with Crippen molar-refractivity contribution in [3.8, 4) is 11.6 Å². The molecule has 2 rings (SSSR count). The number of hydrogen-bond donors (Lipinski definition) is 1. The first-order valence-corrected chi connectivity index (χ1v) is 6.88. The molecule has 0 aliphatic heterocycles. The number of aryl methyl sites for hydroxylation is 1. The summed E-state index contributed by atoms with van der Waals surface area (Å²) in [6.07, 6.45) is 0. The van der Waals surface area contributed by atoms with Crippen LogP contribution in [0.4, 0.5) is 0 Å². The van der Waals surface area contributed by atoms with Gasteiger partial charge in [-0.15, -0.1) is 0 Å². The lowest BCUT2D eigenvalue weighted by molar-refractivity contribution is 0.421. The second kappa shape index (κ2) is 6.06. The molecule has 1 heterocycles. The largest absolute Gasteiger partial charge is 0.439 e. The average Bonchev–Trinajstić information content (AvgIpc) is 2.36. The Morgan fingerprint density at radius 1 is 1.10 bits per heavy atom. The average molecular weight is 270 g/mol. The van der Waals surface area contributed by atoms with E-state index in [0.717, 1.165) is 18.0 Å². The van der Waals surface area contributed by atoms with Gasteiger partial charge in [-0.05, 0) is 51.5 Å². The summed E-state index contributed by atoms with van der Waals surface area (Å²) in [4.78, 5) is 4.42. The molecule has 0 aliphatic carbocycles. The highest BCUT2D eigenvalue weighted by Gasteiger charge is 2.09.